The van der Waals surface area contributed by atoms with Gasteiger partial charge in [-0.25, -0.2) is 0 Å². The third kappa shape index (κ3) is 4.98. The fourth-order valence-corrected chi connectivity index (χ4v) is 2.86. The van der Waals surface area contributed by atoms with Gasteiger partial charge in [-0.15, -0.1) is 0 Å². The second kappa shape index (κ2) is 5.86. The molecule has 0 spiro atoms. The van der Waals surface area contributed by atoms with Crippen LogP contribution in [0.1, 0.15) is 47.0 Å². The van der Waals surface area contributed by atoms with Gasteiger partial charge in [0.05, 0.1) is 12.7 Å². The second-order valence-corrected chi connectivity index (χ2v) is 5.76. The van der Waals surface area contributed by atoms with Crippen LogP contribution in [-0.4, -0.2) is 25.8 Å². The van der Waals surface area contributed by atoms with E-state index in [-0.39, 0.29) is 0 Å². The van der Waals surface area contributed by atoms with Gasteiger partial charge in [-0.05, 0) is 37.1 Å². The first-order chi connectivity index (χ1) is 7.03. The molecule has 0 heterocycles. The van der Waals surface area contributed by atoms with Crippen molar-refractivity contribution in [3.8, 4) is 0 Å². The predicted octanol–water partition coefficient (Wildman–Crippen LogP) is 2.83. The highest BCUT2D eigenvalue weighted by Gasteiger charge is 2.32. The molecule has 1 N–H and O–H groups in total. The first kappa shape index (κ1) is 13.0. The molecule has 0 amide bonds. The zero-order valence-corrected chi connectivity index (χ0v) is 10.8. The predicted molar refractivity (Wildman–Crippen MR) is 65.1 cm³/mol. The fourth-order valence-electron chi connectivity index (χ4n) is 2.86. The first-order valence-corrected chi connectivity index (χ1v) is 6.36. The minimum Gasteiger partial charge on any atom is -0.377 e. The molecular weight excluding hydrogens is 186 g/mol. The Morgan fingerprint density at radius 2 is 2.07 bits per heavy atom. The van der Waals surface area contributed by atoms with Crippen LogP contribution in [0.2, 0.25) is 0 Å². The summed E-state index contributed by atoms with van der Waals surface area (Å²) in [5.41, 5.74) is 0.473. The van der Waals surface area contributed by atoms with Crippen LogP contribution >= 0.6 is 0 Å². The third-order valence-electron chi connectivity index (χ3n) is 3.23. The van der Waals surface area contributed by atoms with Crippen molar-refractivity contribution in [1.82, 2.24) is 5.32 Å². The highest BCUT2D eigenvalue weighted by Crippen LogP contribution is 2.39. The van der Waals surface area contributed by atoms with Crippen molar-refractivity contribution >= 4 is 0 Å². The lowest BCUT2D eigenvalue weighted by atomic mass is 9.71. The van der Waals surface area contributed by atoms with E-state index in [0.29, 0.717) is 11.5 Å². The smallest absolute Gasteiger partial charge is 0.0594 e. The lowest BCUT2D eigenvalue weighted by Crippen LogP contribution is -2.34. The van der Waals surface area contributed by atoms with Gasteiger partial charge in [0.15, 0.2) is 0 Å². The summed E-state index contributed by atoms with van der Waals surface area (Å²) >= 11 is 0. The van der Waals surface area contributed by atoms with Crippen LogP contribution in [-0.2, 0) is 4.74 Å². The summed E-state index contributed by atoms with van der Waals surface area (Å²) in [6.45, 7) is 12.1. The summed E-state index contributed by atoms with van der Waals surface area (Å²) in [6.07, 6.45) is 4.31. The molecule has 0 aromatic rings. The molecule has 0 aromatic carbocycles. The molecule has 1 saturated carbocycles. The van der Waals surface area contributed by atoms with Crippen LogP contribution < -0.4 is 5.32 Å². The van der Waals surface area contributed by atoms with Gasteiger partial charge in [0.2, 0.25) is 0 Å². The van der Waals surface area contributed by atoms with E-state index in [1.165, 1.54) is 19.3 Å². The van der Waals surface area contributed by atoms with Gasteiger partial charge in [-0.2, -0.15) is 0 Å². The Bertz CT molecular complexity index is 179. The van der Waals surface area contributed by atoms with Crippen molar-refractivity contribution < 1.29 is 4.74 Å². The molecule has 15 heavy (non-hydrogen) atoms. The SMILES string of the molecule is CCNCCOC1CC(C)CC(C)(C)C1. The molecule has 2 atom stereocenters. The van der Waals surface area contributed by atoms with E-state index in [2.05, 4.69) is 33.0 Å². The van der Waals surface area contributed by atoms with Gasteiger partial charge in [-0.3, -0.25) is 0 Å². The van der Waals surface area contributed by atoms with Crippen molar-refractivity contribution in [2.45, 2.75) is 53.1 Å². The van der Waals surface area contributed by atoms with E-state index < -0.39 is 0 Å². The quantitative estimate of drug-likeness (QED) is 0.709. The number of likely N-dealkylation sites (N-methyl/N-ethyl adjacent to an activating group) is 1. The van der Waals surface area contributed by atoms with Crippen molar-refractivity contribution in [2.24, 2.45) is 11.3 Å². The Morgan fingerprint density at radius 1 is 1.33 bits per heavy atom. The Hall–Kier alpha value is -0.0800. The van der Waals surface area contributed by atoms with Crippen molar-refractivity contribution in [2.75, 3.05) is 19.7 Å². The lowest BCUT2D eigenvalue weighted by molar-refractivity contribution is -0.0212. The van der Waals surface area contributed by atoms with Crippen LogP contribution in [0.25, 0.3) is 0 Å². The van der Waals surface area contributed by atoms with E-state index in [1.807, 2.05) is 0 Å². The molecule has 1 fully saturated rings. The lowest BCUT2D eigenvalue weighted by Gasteiger charge is -2.38. The molecule has 0 saturated heterocycles. The standard InChI is InChI=1S/C13H27NO/c1-5-14-6-7-15-12-8-11(2)9-13(3,4)10-12/h11-12,14H,5-10H2,1-4H3. The summed E-state index contributed by atoms with van der Waals surface area (Å²) in [6, 6.07) is 0. The van der Waals surface area contributed by atoms with E-state index in [9.17, 15) is 0 Å². The second-order valence-electron chi connectivity index (χ2n) is 5.76. The van der Waals surface area contributed by atoms with Gasteiger partial charge >= 0.3 is 0 Å². The van der Waals surface area contributed by atoms with E-state index in [1.54, 1.807) is 0 Å². The van der Waals surface area contributed by atoms with Crippen LogP contribution in [0.5, 0.6) is 0 Å². The van der Waals surface area contributed by atoms with Gasteiger partial charge in [0.1, 0.15) is 0 Å². The molecule has 2 heteroatoms. The summed E-state index contributed by atoms with van der Waals surface area (Å²) < 4.78 is 5.93. The molecular formula is C13H27NO. The Morgan fingerprint density at radius 3 is 2.67 bits per heavy atom. The zero-order chi connectivity index (χ0) is 11.3. The van der Waals surface area contributed by atoms with Gasteiger partial charge in [-0.1, -0.05) is 27.7 Å². The molecule has 0 bridgehead atoms. The first-order valence-electron chi connectivity index (χ1n) is 6.36. The van der Waals surface area contributed by atoms with Gasteiger partial charge in [0, 0.05) is 6.54 Å². The number of nitrogens with one attached hydrogen (secondary N) is 1. The fraction of sp³-hybridized carbons (Fsp3) is 1.00. The highest BCUT2D eigenvalue weighted by atomic mass is 16.5. The summed E-state index contributed by atoms with van der Waals surface area (Å²) in [5.74, 6) is 0.817. The normalized spacial score (nSPS) is 30.4. The van der Waals surface area contributed by atoms with E-state index in [0.717, 1.165) is 25.6 Å². The third-order valence-corrected chi connectivity index (χ3v) is 3.23. The number of ether oxygens (including phenoxy) is 1. The van der Waals surface area contributed by atoms with E-state index in [4.69, 9.17) is 4.74 Å². The molecule has 1 aliphatic carbocycles. The minimum absolute atomic E-state index is 0.473. The number of rotatable bonds is 5. The van der Waals surface area contributed by atoms with E-state index >= 15 is 0 Å². The molecule has 1 aliphatic rings. The Kier molecular flexibility index (Phi) is 5.07. The average molecular weight is 213 g/mol. The molecule has 2 nitrogen and oxygen atoms in total. The zero-order valence-electron chi connectivity index (χ0n) is 10.8. The summed E-state index contributed by atoms with van der Waals surface area (Å²) in [4.78, 5) is 0. The van der Waals surface area contributed by atoms with Crippen molar-refractivity contribution in [3.05, 3.63) is 0 Å². The number of hydrogen-bond donors (Lipinski definition) is 1. The van der Waals surface area contributed by atoms with Crippen LogP contribution in [0, 0.1) is 11.3 Å². The topological polar surface area (TPSA) is 21.3 Å². The molecule has 90 valence electrons. The van der Waals surface area contributed by atoms with Gasteiger partial charge < -0.3 is 10.1 Å². The molecule has 1 rings (SSSR count). The van der Waals surface area contributed by atoms with Crippen molar-refractivity contribution in [3.63, 3.8) is 0 Å². The monoisotopic (exact) mass is 213 g/mol. The largest absolute Gasteiger partial charge is 0.377 e. The van der Waals surface area contributed by atoms with Gasteiger partial charge in [0.25, 0.3) is 0 Å². The molecule has 2 unspecified atom stereocenters. The molecule has 0 radical (unpaired) electrons. The maximum atomic E-state index is 5.93. The summed E-state index contributed by atoms with van der Waals surface area (Å²) in [5, 5.41) is 3.29. The Labute approximate surface area is 94.8 Å². The maximum absolute atomic E-state index is 5.93. The van der Waals surface area contributed by atoms with Crippen molar-refractivity contribution in [1.29, 1.82) is 0 Å². The average Bonchev–Trinajstić information content (AvgIpc) is 2.09. The summed E-state index contributed by atoms with van der Waals surface area (Å²) in [7, 11) is 0. The molecule has 0 aromatic heterocycles. The number of hydrogen-bond acceptors (Lipinski definition) is 2. The minimum atomic E-state index is 0.473. The van der Waals surface area contributed by atoms with Crippen LogP contribution in [0.15, 0.2) is 0 Å². The maximum Gasteiger partial charge on any atom is 0.0594 e. The van der Waals surface area contributed by atoms with Crippen LogP contribution in [0.4, 0.5) is 0 Å². The highest BCUT2D eigenvalue weighted by molar-refractivity contribution is 4.83. The van der Waals surface area contributed by atoms with Crippen LogP contribution in [0.3, 0.4) is 0 Å². The molecule has 0 aliphatic heterocycles. The Balaban J connectivity index is 2.23.